The summed E-state index contributed by atoms with van der Waals surface area (Å²) in [5.74, 6) is -8.15. The van der Waals surface area contributed by atoms with Gasteiger partial charge in [-0.3, -0.25) is 19.2 Å². The van der Waals surface area contributed by atoms with E-state index in [0.717, 1.165) is 25.5 Å². The Kier molecular flexibility index (Phi) is 9.07. The number of carbonyl (C=O) groups is 4. The van der Waals surface area contributed by atoms with Gasteiger partial charge in [-0.2, -0.15) is 0 Å². The highest BCUT2D eigenvalue weighted by Crippen LogP contribution is 2.49. The van der Waals surface area contributed by atoms with Crippen LogP contribution in [0.2, 0.25) is 0 Å². The van der Waals surface area contributed by atoms with E-state index < -0.39 is 77.2 Å². The number of ether oxygens (including phenoxy) is 4. The van der Waals surface area contributed by atoms with Gasteiger partial charge >= 0.3 is 17.9 Å². The summed E-state index contributed by atoms with van der Waals surface area (Å²) in [5, 5.41) is 8.16. The number of benzene rings is 1. The molecule has 1 unspecified atom stereocenters. The van der Waals surface area contributed by atoms with Crippen molar-refractivity contribution < 1.29 is 51.3 Å². The van der Waals surface area contributed by atoms with Crippen molar-refractivity contribution >= 4 is 36.3 Å². The average molecular weight is 600 g/mol. The Bertz CT molecular complexity index is 1330. The minimum absolute atomic E-state index is 0.132. The molecule has 2 aliphatic rings. The molecule has 222 valence electrons. The van der Waals surface area contributed by atoms with Crippen LogP contribution in [0.4, 0.5) is 13.2 Å². The van der Waals surface area contributed by atoms with E-state index in [2.05, 4.69) is 22.9 Å². The van der Waals surface area contributed by atoms with Crippen LogP contribution in [0.3, 0.4) is 0 Å². The normalized spacial score (nSPS) is 28.2. The number of hydrogen-bond donors (Lipinski definition) is 1. The van der Waals surface area contributed by atoms with Gasteiger partial charge in [-0.15, -0.1) is 17.7 Å². The fourth-order valence-electron chi connectivity index (χ4n) is 5.59. The zero-order chi connectivity index (χ0) is 30.1. The van der Waals surface area contributed by atoms with Gasteiger partial charge in [0.25, 0.3) is 0 Å². The van der Waals surface area contributed by atoms with Crippen LogP contribution in [0.15, 0.2) is 18.3 Å². The molecule has 4 rings (SSSR count). The van der Waals surface area contributed by atoms with Crippen molar-refractivity contribution in [3.8, 4) is 11.3 Å². The van der Waals surface area contributed by atoms with Crippen LogP contribution in [0.25, 0.3) is 11.3 Å². The van der Waals surface area contributed by atoms with Crippen LogP contribution in [0.1, 0.15) is 46.5 Å². The summed E-state index contributed by atoms with van der Waals surface area (Å²) in [4.78, 5) is 50.1. The molecule has 0 amide bonds. The van der Waals surface area contributed by atoms with E-state index in [4.69, 9.17) is 18.9 Å². The minimum atomic E-state index is -1.87. The number of carbonyl (C=O) groups excluding carboxylic acids is 4. The van der Waals surface area contributed by atoms with Crippen LogP contribution >= 0.6 is 12.6 Å². The van der Waals surface area contributed by atoms with E-state index in [9.17, 15) is 32.3 Å². The largest absolute Gasteiger partial charge is 0.463 e. The number of esters is 3. The molecule has 15 heteroatoms. The number of Topliss-reactive ketones (excluding diaryl/α,β-unsaturated/α-hetero) is 1. The van der Waals surface area contributed by atoms with Crippen LogP contribution in [0.5, 0.6) is 0 Å². The summed E-state index contributed by atoms with van der Waals surface area (Å²) in [6, 6.07) is 1.43. The van der Waals surface area contributed by atoms with Crippen molar-refractivity contribution in [2.45, 2.75) is 75.7 Å². The lowest BCUT2D eigenvalue weighted by molar-refractivity contribution is -0.252. The first-order chi connectivity index (χ1) is 19.4. The predicted octanol–water partition coefficient (Wildman–Crippen LogP) is 2.90. The lowest BCUT2D eigenvalue weighted by Gasteiger charge is -2.55. The van der Waals surface area contributed by atoms with Crippen molar-refractivity contribution in [1.29, 1.82) is 0 Å². The number of nitrogens with zero attached hydrogens (tertiary/aromatic N) is 3. The van der Waals surface area contributed by atoms with E-state index in [0.29, 0.717) is 25.0 Å². The smallest absolute Gasteiger partial charge is 0.303 e. The van der Waals surface area contributed by atoms with Crippen molar-refractivity contribution in [2.24, 2.45) is 5.92 Å². The molecule has 0 radical (unpaired) electrons. The van der Waals surface area contributed by atoms with Crippen LogP contribution in [0, 0.1) is 23.4 Å². The second kappa shape index (κ2) is 12.2. The Balaban J connectivity index is 2.00. The molecule has 41 heavy (non-hydrogen) atoms. The summed E-state index contributed by atoms with van der Waals surface area (Å²) in [6.45, 7) is 2.96. The van der Waals surface area contributed by atoms with E-state index in [1.807, 2.05) is 0 Å². The molecule has 2 aromatic rings. The topological polar surface area (TPSA) is 136 Å². The molecule has 1 aliphatic heterocycles. The number of rotatable bonds is 7. The van der Waals surface area contributed by atoms with E-state index in [-0.39, 0.29) is 29.9 Å². The Morgan fingerprint density at radius 2 is 1.68 bits per heavy atom. The average Bonchev–Trinajstić information content (AvgIpc) is 3.39. The quantitative estimate of drug-likeness (QED) is 0.219. The zero-order valence-corrected chi connectivity index (χ0v) is 23.2. The Morgan fingerprint density at radius 3 is 2.27 bits per heavy atom. The zero-order valence-electron chi connectivity index (χ0n) is 22.3. The SMILES string of the molecule is CC(=O)OC[C@H]1O[C@H](S)[C@H](OC(C)=O)[C@@](C2CCCCC2=O)(n2cc(-c3cc(F)c(F)c(F)c3)nn2)[C@H]1OC(C)=O. The lowest BCUT2D eigenvalue weighted by Crippen LogP contribution is -2.72. The number of ketones is 1. The third-order valence-electron chi connectivity index (χ3n) is 7.14. The highest BCUT2D eigenvalue weighted by atomic mass is 32.1. The van der Waals surface area contributed by atoms with Crippen molar-refractivity contribution in [1.82, 2.24) is 15.0 Å². The maximum atomic E-state index is 14.1. The number of hydrogen-bond acceptors (Lipinski definition) is 11. The molecular weight excluding hydrogens is 571 g/mol. The van der Waals surface area contributed by atoms with Gasteiger partial charge in [0.05, 0.1) is 12.1 Å². The predicted molar refractivity (Wildman–Crippen MR) is 136 cm³/mol. The van der Waals surface area contributed by atoms with E-state index in [1.54, 1.807) is 0 Å². The third kappa shape index (κ3) is 5.96. The molecule has 6 atom stereocenters. The molecular formula is C26H28F3N3O8S. The van der Waals surface area contributed by atoms with Crippen LogP contribution in [-0.4, -0.2) is 69.0 Å². The molecule has 1 saturated heterocycles. The first-order valence-corrected chi connectivity index (χ1v) is 13.3. The molecule has 2 heterocycles. The van der Waals surface area contributed by atoms with Gasteiger partial charge in [0.1, 0.15) is 29.6 Å². The van der Waals surface area contributed by atoms with Crippen molar-refractivity contribution in [2.75, 3.05) is 6.61 Å². The van der Waals surface area contributed by atoms with Gasteiger partial charge in [0.15, 0.2) is 35.2 Å². The molecule has 0 spiro atoms. The van der Waals surface area contributed by atoms with Gasteiger partial charge in [0.2, 0.25) is 0 Å². The molecule has 2 fully saturated rings. The number of aromatic nitrogens is 3. The second-order valence-electron chi connectivity index (χ2n) is 9.88. The summed E-state index contributed by atoms with van der Waals surface area (Å²) < 4.78 is 65.4. The first-order valence-electron chi connectivity index (χ1n) is 12.8. The van der Waals surface area contributed by atoms with Gasteiger partial charge in [-0.05, 0) is 25.0 Å². The van der Waals surface area contributed by atoms with Gasteiger partial charge in [-0.1, -0.05) is 11.6 Å². The Morgan fingerprint density at radius 1 is 1.05 bits per heavy atom. The monoisotopic (exact) mass is 599 g/mol. The Hall–Kier alpha value is -3.46. The summed E-state index contributed by atoms with van der Waals surface area (Å²) in [7, 11) is 0. The standard InChI is InChI=1S/C26H28F3N3O8S/c1-12(33)37-11-21-23(38-13(2)34)26(16-6-4-5-7-20(16)36,24(25(41)40-21)39-14(3)35)32-10-19(30-31-32)15-8-17(27)22(29)18(28)9-15/h8-10,16,21,23-25,41H,4-7,11H2,1-3H3/t16?,21-,23+,24+,25-,26+/m1/s1. The first kappa shape index (κ1) is 30.5. The summed E-state index contributed by atoms with van der Waals surface area (Å²) in [6.07, 6.45) is -1.36. The van der Waals surface area contributed by atoms with Crippen molar-refractivity contribution in [3.05, 3.63) is 35.8 Å². The molecule has 0 bridgehead atoms. The fraction of sp³-hybridized carbons (Fsp3) is 0.538. The molecule has 1 aromatic carbocycles. The number of thiol groups is 1. The van der Waals surface area contributed by atoms with E-state index in [1.165, 1.54) is 6.20 Å². The van der Waals surface area contributed by atoms with Crippen molar-refractivity contribution in [3.63, 3.8) is 0 Å². The summed E-state index contributed by atoms with van der Waals surface area (Å²) >= 11 is 4.50. The maximum absolute atomic E-state index is 14.1. The van der Waals surface area contributed by atoms with Gasteiger partial charge in [0, 0.05) is 32.8 Å². The molecule has 0 N–H and O–H groups in total. The van der Waals surface area contributed by atoms with Gasteiger partial charge in [-0.25, -0.2) is 17.9 Å². The number of halogens is 3. The van der Waals surface area contributed by atoms with Crippen LogP contribution in [-0.2, 0) is 43.7 Å². The maximum Gasteiger partial charge on any atom is 0.303 e. The molecule has 11 nitrogen and oxygen atoms in total. The molecule has 1 saturated carbocycles. The molecule has 1 aromatic heterocycles. The lowest BCUT2D eigenvalue weighted by atomic mass is 9.65. The third-order valence-corrected chi connectivity index (χ3v) is 7.53. The fourth-order valence-corrected chi connectivity index (χ4v) is 6.05. The highest BCUT2D eigenvalue weighted by molar-refractivity contribution is 7.80. The molecule has 1 aliphatic carbocycles. The second-order valence-corrected chi connectivity index (χ2v) is 10.4. The Labute approximate surface area is 238 Å². The minimum Gasteiger partial charge on any atom is -0.463 e. The summed E-state index contributed by atoms with van der Waals surface area (Å²) in [5.41, 5.74) is -3.44. The highest BCUT2D eigenvalue weighted by Gasteiger charge is 2.66. The van der Waals surface area contributed by atoms with Crippen LogP contribution < -0.4 is 0 Å². The van der Waals surface area contributed by atoms with E-state index >= 15 is 0 Å². The van der Waals surface area contributed by atoms with Gasteiger partial charge < -0.3 is 18.9 Å².